The van der Waals surface area contributed by atoms with Gasteiger partial charge in [0, 0.05) is 0 Å². The molecule has 0 aliphatic rings. The average Bonchev–Trinajstić information content (AvgIpc) is 2.15. The predicted molar refractivity (Wildman–Crippen MR) is 60.7 cm³/mol. The summed E-state index contributed by atoms with van der Waals surface area (Å²) in [7, 11) is 0. The van der Waals surface area contributed by atoms with E-state index in [1.807, 2.05) is 5.32 Å². The van der Waals surface area contributed by atoms with Gasteiger partial charge in [0.2, 0.25) is 0 Å². The van der Waals surface area contributed by atoms with Crippen molar-refractivity contribution >= 4 is 53.2 Å². The molecule has 0 aliphatic carbocycles. The fourth-order valence-corrected chi connectivity index (χ4v) is 1.10. The number of benzene rings is 1. The van der Waals surface area contributed by atoms with Crippen LogP contribution < -0.4 is 11.1 Å². The summed E-state index contributed by atoms with van der Waals surface area (Å²) in [5.74, 6) is -2.52. The van der Waals surface area contributed by atoms with Crippen LogP contribution in [-0.2, 0) is 0 Å². The number of rotatable bonds is 3. The summed E-state index contributed by atoms with van der Waals surface area (Å²) < 4.78 is 0. The van der Waals surface area contributed by atoms with Crippen LogP contribution in [-0.4, -0.2) is 57.7 Å². The monoisotopic (exact) mass is 248 g/mol. The van der Waals surface area contributed by atoms with Gasteiger partial charge in [0.25, 0.3) is 0 Å². The van der Waals surface area contributed by atoms with Gasteiger partial charge >= 0.3 is 47.5 Å². The number of primary amides is 1. The van der Waals surface area contributed by atoms with Gasteiger partial charge in [-0.2, -0.15) is 0 Å². The fourth-order valence-electron chi connectivity index (χ4n) is 1.10. The Balaban J connectivity index is 0.00000256. The number of anilines is 1. The van der Waals surface area contributed by atoms with Crippen LogP contribution >= 0.6 is 0 Å². The molecule has 0 spiro atoms. The van der Waals surface area contributed by atoms with E-state index in [1.165, 1.54) is 0 Å². The van der Waals surface area contributed by atoms with Crippen LogP contribution in [0.5, 0.6) is 0 Å². The van der Waals surface area contributed by atoms with Crippen LogP contribution in [0, 0.1) is 0 Å². The zero-order chi connectivity index (χ0) is 12.3. The van der Waals surface area contributed by atoms with Crippen LogP contribution in [0.25, 0.3) is 0 Å². The SMILES string of the molecule is NC(=O)Nc1cc(C(=O)O)ccc1C(=O)O.[NaH]. The summed E-state index contributed by atoms with van der Waals surface area (Å²) in [6, 6.07) is 2.26. The van der Waals surface area contributed by atoms with Gasteiger partial charge in [-0.25, -0.2) is 14.4 Å². The number of nitrogens with two attached hydrogens (primary N) is 1. The first kappa shape index (κ1) is 15.4. The summed E-state index contributed by atoms with van der Waals surface area (Å²) in [5, 5.41) is 19.5. The Morgan fingerprint density at radius 3 is 2.12 bits per heavy atom. The van der Waals surface area contributed by atoms with Crippen molar-refractivity contribution in [2.24, 2.45) is 5.73 Å². The first-order valence-corrected chi connectivity index (χ1v) is 4.09. The second kappa shape index (κ2) is 6.24. The Morgan fingerprint density at radius 1 is 1.12 bits per heavy atom. The van der Waals surface area contributed by atoms with Crippen LogP contribution in [0.3, 0.4) is 0 Å². The molecule has 7 nitrogen and oxygen atoms in total. The Bertz CT molecular complexity index is 474. The molecule has 86 valence electrons. The summed E-state index contributed by atoms with van der Waals surface area (Å²) in [6.45, 7) is 0. The van der Waals surface area contributed by atoms with Crippen molar-refractivity contribution in [3.8, 4) is 0 Å². The number of nitrogens with one attached hydrogen (secondary N) is 1. The first-order chi connectivity index (χ1) is 7.41. The van der Waals surface area contributed by atoms with Gasteiger partial charge in [0.1, 0.15) is 0 Å². The van der Waals surface area contributed by atoms with E-state index in [-0.39, 0.29) is 46.4 Å². The van der Waals surface area contributed by atoms with E-state index in [1.54, 1.807) is 0 Å². The number of carboxylic acid groups (broad SMARTS) is 2. The van der Waals surface area contributed by atoms with E-state index in [2.05, 4.69) is 0 Å². The predicted octanol–water partition coefficient (Wildman–Crippen LogP) is -0.0749. The zero-order valence-corrected chi connectivity index (χ0v) is 7.93. The molecule has 8 heteroatoms. The standard InChI is InChI=1S/C9H8N2O5.Na.H/c10-9(16)11-6-3-4(7(12)13)1-2-5(6)8(14)15;;/h1-3H,(H,12,13)(H,14,15)(H3,10,11,16);;. The summed E-state index contributed by atoms with van der Waals surface area (Å²) in [4.78, 5) is 32.0. The van der Waals surface area contributed by atoms with Crippen molar-refractivity contribution < 1.29 is 24.6 Å². The van der Waals surface area contributed by atoms with Crippen LogP contribution in [0.1, 0.15) is 20.7 Å². The number of hydrogen-bond donors (Lipinski definition) is 4. The van der Waals surface area contributed by atoms with Crippen molar-refractivity contribution in [3.63, 3.8) is 0 Å². The molecule has 0 unspecified atom stereocenters. The van der Waals surface area contributed by atoms with E-state index in [9.17, 15) is 14.4 Å². The third-order valence-electron chi connectivity index (χ3n) is 1.75. The summed E-state index contributed by atoms with van der Waals surface area (Å²) in [6.07, 6.45) is 0. The van der Waals surface area contributed by atoms with Crippen molar-refractivity contribution in [1.29, 1.82) is 0 Å². The Morgan fingerprint density at radius 2 is 1.71 bits per heavy atom. The van der Waals surface area contributed by atoms with Crippen LogP contribution in [0.15, 0.2) is 18.2 Å². The quantitative estimate of drug-likeness (QED) is 0.556. The summed E-state index contributed by atoms with van der Waals surface area (Å²) in [5.41, 5.74) is 4.30. The maximum atomic E-state index is 10.7. The number of carboxylic acids is 2. The van der Waals surface area contributed by atoms with E-state index >= 15 is 0 Å². The molecule has 1 aromatic carbocycles. The van der Waals surface area contributed by atoms with Gasteiger partial charge in [-0.3, -0.25) is 0 Å². The molecule has 0 fully saturated rings. The molecular weight excluding hydrogens is 239 g/mol. The first-order valence-electron chi connectivity index (χ1n) is 4.09. The number of hydrogen-bond acceptors (Lipinski definition) is 3. The van der Waals surface area contributed by atoms with Crippen LogP contribution in [0.4, 0.5) is 10.5 Å². The maximum absolute atomic E-state index is 10.7. The van der Waals surface area contributed by atoms with E-state index in [0.717, 1.165) is 18.2 Å². The Labute approximate surface area is 118 Å². The van der Waals surface area contributed by atoms with E-state index in [0.29, 0.717) is 0 Å². The molecule has 0 aliphatic heterocycles. The minimum atomic E-state index is -1.29. The molecule has 0 heterocycles. The Kier molecular flexibility index (Phi) is 5.66. The fraction of sp³-hybridized carbons (Fsp3) is 0. The molecule has 0 aromatic heterocycles. The zero-order valence-electron chi connectivity index (χ0n) is 7.93. The molecular formula is C9H9N2NaO5. The number of urea groups is 1. The van der Waals surface area contributed by atoms with E-state index in [4.69, 9.17) is 15.9 Å². The second-order valence-corrected chi connectivity index (χ2v) is 2.86. The van der Waals surface area contributed by atoms with Gasteiger partial charge in [-0.05, 0) is 18.2 Å². The number of aromatic carboxylic acids is 2. The molecule has 2 amide bonds. The molecule has 0 saturated heterocycles. The number of carbonyl (C=O) groups excluding carboxylic acids is 1. The van der Waals surface area contributed by atoms with Crippen molar-refractivity contribution in [2.45, 2.75) is 0 Å². The van der Waals surface area contributed by atoms with Gasteiger partial charge in [0.15, 0.2) is 0 Å². The van der Waals surface area contributed by atoms with Gasteiger partial charge < -0.3 is 21.3 Å². The van der Waals surface area contributed by atoms with Gasteiger partial charge in [0.05, 0.1) is 16.8 Å². The third kappa shape index (κ3) is 4.06. The molecule has 17 heavy (non-hydrogen) atoms. The van der Waals surface area contributed by atoms with Crippen LogP contribution in [0.2, 0.25) is 0 Å². The molecule has 5 N–H and O–H groups in total. The average molecular weight is 248 g/mol. The minimum absolute atomic E-state index is 0. The van der Waals surface area contributed by atoms with Crippen molar-refractivity contribution in [1.82, 2.24) is 0 Å². The van der Waals surface area contributed by atoms with Gasteiger partial charge in [-0.1, -0.05) is 0 Å². The summed E-state index contributed by atoms with van der Waals surface area (Å²) >= 11 is 0. The third-order valence-corrected chi connectivity index (χ3v) is 1.75. The molecule has 0 atom stereocenters. The van der Waals surface area contributed by atoms with Gasteiger partial charge in [-0.15, -0.1) is 0 Å². The topological polar surface area (TPSA) is 130 Å². The molecule has 0 bridgehead atoms. The molecule has 1 aromatic rings. The number of carbonyl (C=O) groups is 3. The van der Waals surface area contributed by atoms with Crippen molar-refractivity contribution in [3.05, 3.63) is 29.3 Å². The Hall–Kier alpha value is -1.57. The van der Waals surface area contributed by atoms with Crippen molar-refractivity contribution in [2.75, 3.05) is 5.32 Å². The number of amides is 2. The normalized spacial score (nSPS) is 8.94. The molecule has 0 saturated carbocycles. The molecule has 1 rings (SSSR count). The molecule has 0 radical (unpaired) electrons. The van der Waals surface area contributed by atoms with E-state index < -0.39 is 18.0 Å². The second-order valence-electron chi connectivity index (χ2n) is 2.86.